The minimum Gasteiger partial charge on any atom is -0.545 e. The molecule has 20 heavy (non-hydrogen) atoms. The van der Waals surface area contributed by atoms with Crippen LogP contribution in [0.5, 0.6) is 0 Å². The molecular weight excluding hydrogens is 310 g/mol. The Kier molecular flexibility index (Phi) is 9.94. The first-order chi connectivity index (χ1) is 8.61. The molecule has 0 aliphatic heterocycles. The maximum absolute atomic E-state index is 11.1. The summed E-state index contributed by atoms with van der Waals surface area (Å²) in [5.41, 5.74) is 0.178. The molecule has 0 radical (unpaired) electrons. The standard InChI is InChI=1S/C14H10O4.2K/c15-13(16)11-8-4-7-10(12(11)14(17)18)9-5-2-1-3-6-9;;/h1-8H,(H,15,16)(H,17,18);;/q;2*+1/p-2. The molecule has 6 heteroatoms. The molecule has 0 unspecified atom stereocenters. The van der Waals surface area contributed by atoms with Gasteiger partial charge in [0.15, 0.2) is 0 Å². The molecule has 4 nitrogen and oxygen atoms in total. The number of rotatable bonds is 3. The van der Waals surface area contributed by atoms with Crippen LogP contribution in [0, 0.1) is 0 Å². The largest absolute Gasteiger partial charge is 1.00 e. The third-order valence-corrected chi connectivity index (χ3v) is 2.57. The Bertz CT molecular complexity index is 612. The van der Waals surface area contributed by atoms with Gasteiger partial charge in [0, 0.05) is 11.1 Å². The zero-order chi connectivity index (χ0) is 13.1. The molecule has 0 bridgehead atoms. The van der Waals surface area contributed by atoms with Crippen molar-refractivity contribution >= 4 is 11.9 Å². The maximum Gasteiger partial charge on any atom is 1.00 e. The molecule has 0 aromatic heterocycles. The SMILES string of the molecule is O=C([O-])c1cccc(-c2ccccc2)c1C(=O)[O-].[K+].[K+]. The van der Waals surface area contributed by atoms with Gasteiger partial charge in [0.1, 0.15) is 0 Å². The monoisotopic (exact) mass is 318 g/mol. The quantitative estimate of drug-likeness (QED) is 0.528. The van der Waals surface area contributed by atoms with Gasteiger partial charge >= 0.3 is 103 Å². The van der Waals surface area contributed by atoms with Crippen LogP contribution in [0.4, 0.5) is 0 Å². The number of carbonyl (C=O) groups is 2. The third kappa shape index (κ3) is 4.84. The maximum atomic E-state index is 11.1. The van der Waals surface area contributed by atoms with Crippen LogP contribution < -0.4 is 113 Å². The van der Waals surface area contributed by atoms with E-state index in [4.69, 9.17) is 0 Å². The van der Waals surface area contributed by atoms with Crippen molar-refractivity contribution in [3.8, 4) is 11.1 Å². The van der Waals surface area contributed by atoms with Crippen molar-refractivity contribution in [3.05, 3.63) is 59.7 Å². The Labute approximate surface area is 201 Å². The van der Waals surface area contributed by atoms with E-state index < -0.39 is 11.9 Å². The van der Waals surface area contributed by atoms with E-state index in [1.807, 2.05) is 0 Å². The van der Waals surface area contributed by atoms with E-state index in [-0.39, 0.29) is 114 Å². The van der Waals surface area contributed by atoms with E-state index >= 15 is 0 Å². The number of carboxylic acids is 2. The van der Waals surface area contributed by atoms with Gasteiger partial charge in [-0.05, 0) is 11.1 Å². The van der Waals surface area contributed by atoms with Gasteiger partial charge in [-0.25, -0.2) is 0 Å². The first kappa shape index (κ1) is 20.7. The third-order valence-electron chi connectivity index (χ3n) is 2.57. The Morgan fingerprint density at radius 3 is 1.85 bits per heavy atom. The van der Waals surface area contributed by atoms with Gasteiger partial charge < -0.3 is 19.8 Å². The molecule has 0 saturated heterocycles. The number of carboxylic acid groups (broad SMARTS) is 2. The molecule has 0 heterocycles. The predicted molar refractivity (Wildman–Crippen MR) is 60.5 cm³/mol. The van der Waals surface area contributed by atoms with Crippen LogP contribution >= 0.6 is 0 Å². The summed E-state index contributed by atoms with van der Waals surface area (Å²) in [4.78, 5) is 22.0. The summed E-state index contributed by atoms with van der Waals surface area (Å²) in [6.07, 6.45) is 0. The molecule has 0 fully saturated rings. The summed E-state index contributed by atoms with van der Waals surface area (Å²) < 4.78 is 0. The van der Waals surface area contributed by atoms with Crippen molar-refractivity contribution < 1.29 is 123 Å². The molecule has 0 saturated carbocycles. The number of hydrogen-bond acceptors (Lipinski definition) is 4. The summed E-state index contributed by atoms with van der Waals surface area (Å²) in [7, 11) is 0. The summed E-state index contributed by atoms with van der Waals surface area (Å²) in [6.45, 7) is 0. The molecule has 0 N–H and O–H groups in total. The fourth-order valence-corrected chi connectivity index (χ4v) is 1.80. The van der Waals surface area contributed by atoms with Crippen LogP contribution in [-0.4, -0.2) is 11.9 Å². The minimum atomic E-state index is -1.54. The van der Waals surface area contributed by atoms with Crippen molar-refractivity contribution in [1.29, 1.82) is 0 Å². The zero-order valence-corrected chi connectivity index (χ0v) is 17.5. The number of aromatic carboxylic acids is 2. The van der Waals surface area contributed by atoms with Gasteiger partial charge in [-0.2, -0.15) is 0 Å². The molecule has 0 atom stereocenters. The topological polar surface area (TPSA) is 80.3 Å². The van der Waals surface area contributed by atoms with E-state index in [0.717, 1.165) is 0 Å². The first-order valence-electron chi connectivity index (χ1n) is 5.22. The van der Waals surface area contributed by atoms with Crippen LogP contribution in [0.1, 0.15) is 20.7 Å². The van der Waals surface area contributed by atoms with Crippen molar-refractivity contribution in [2.75, 3.05) is 0 Å². The van der Waals surface area contributed by atoms with E-state index in [2.05, 4.69) is 0 Å². The predicted octanol–water partition coefficient (Wildman–Crippen LogP) is -5.91. The summed E-state index contributed by atoms with van der Waals surface area (Å²) in [5.74, 6) is -3.07. The van der Waals surface area contributed by atoms with Crippen molar-refractivity contribution in [2.24, 2.45) is 0 Å². The van der Waals surface area contributed by atoms with Crippen molar-refractivity contribution in [1.82, 2.24) is 0 Å². The smallest absolute Gasteiger partial charge is 0.545 e. The fraction of sp³-hybridized carbons (Fsp3) is 0. The van der Waals surface area contributed by atoms with Gasteiger partial charge in [0.05, 0.1) is 11.9 Å². The summed E-state index contributed by atoms with van der Waals surface area (Å²) in [6, 6.07) is 12.8. The van der Waals surface area contributed by atoms with Crippen LogP contribution in [0.25, 0.3) is 11.1 Å². The number of hydrogen-bond donors (Lipinski definition) is 0. The Balaban J connectivity index is 0.00000180. The zero-order valence-electron chi connectivity index (χ0n) is 11.3. The molecule has 0 aliphatic carbocycles. The average molecular weight is 318 g/mol. The van der Waals surface area contributed by atoms with E-state index in [9.17, 15) is 19.8 Å². The van der Waals surface area contributed by atoms with Crippen LogP contribution in [0.2, 0.25) is 0 Å². The van der Waals surface area contributed by atoms with Crippen LogP contribution in [-0.2, 0) is 0 Å². The second-order valence-electron chi connectivity index (χ2n) is 3.67. The van der Waals surface area contributed by atoms with E-state index in [0.29, 0.717) is 11.1 Å². The van der Waals surface area contributed by atoms with Crippen LogP contribution in [0.3, 0.4) is 0 Å². The minimum absolute atomic E-state index is 0. The van der Waals surface area contributed by atoms with Gasteiger partial charge in [0.2, 0.25) is 0 Å². The van der Waals surface area contributed by atoms with Gasteiger partial charge in [0.25, 0.3) is 0 Å². The molecule has 0 spiro atoms. The molecule has 2 aromatic rings. The molecule has 90 valence electrons. The number of carbonyl (C=O) groups excluding carboxylic acids is 2. The number of benzene rings is 2. The normalized spacial score (nSPS) is 9.00. The van der Waals surface area contributed by atoms with Crippen molar-refractivity contribution in [3.63, 3.8) is 0 Å². The fourth-order valence-electron chi connectivity index (χ4n) is 1.80. The molecule has 0 amide bonds. The average Bonchev–Trinajstić information content (AvgIpc) is 2.38. The Morgan fingerprint density at radius 2 is 1.35 bits per heavy atom. The summed E-state index contributed by atoms with van der Waals surface area (Å²) >= 11 is 0. The van der Waals surface area contributed by atoms with Crippen molar-refractivity contribution in [2.45, 2.75) is 0 Å². The second kappa shape index (κ2) is 9.63. The van der Waals surface area contributed by atoms with Gasteiger partial charge in [-0.3, -0.25) is 0 Å². The molecular formula is C14H8K2O4. The van der Waals surface area contributed by atoms with E-state index in [1.165, 1.54) is 18.2 Å². The van der Waals surface area contributed by atoms with Gasteiger partial charge in [-0.15, -0.1) is 0 Å². The van der Waals surface area contributed by atoms with Gasteiger partial charge in [-0.1, -0.05) is 48.5 Å². The van der Waals surface area contributed by atoms with Crippen LogP contribution in [0.15, 0.2) is 48.5 Å². The summed E-state index contributed by atoms with van der Waals surface area (Å²) in [5, 5.41) is 22.0. The Hall–Kier alpha value is 0.653. The first-order valence-corrected chi connectivity index (χ1v) is 5.22. The second-order valence-corrected chi connectivity index (χ2v) is 3.67. The van der Waals surface area contributed by atoms with E-state index in [1.54, 1.807) is 30.3 Å². The molecule has 2 aromatic carbocycles. The molecule has 2 rings (SSSR count). The molecule has 0 aliphatic rings. The Morgan fingerprint density at radius 1 is 0.750 bits per heavy atom.